The molecule has 0 radical (unpaired) electrons. The number of nitrogens with zero attached hydrogens (tertiary/aromatic N) is 3. The molecule has 1 aromatic carbocycles. The normalized spacial score (nSPS) is 21.4. The van der Waals surface area contributed by atoms with E-state index in [0.29, 0.717) is 0 Å². The Morgan fingerprint density at radius 2 is 1.61 bits per heavy atom. The molecule has 2 aromatic rings. The summed E-state index contributed by atoms with van der Waals surface area (Å²) in [4.78, 5) is 18.0. The molecule has 1 unspecified atom stereocenters. The molecule has 0 saturated heterocycles. The van der Waals surface area contributed by atoms with E-state index in [0.717, 1.165) is 56.1 Å². The van der Waals surface area contributed by atoms with Gasteiger partial charge in [0.25, 0.3) is 0 Å². The maximum Gasteiger partial charge on any atom is 0.116 e. The van der Waals surface area contributed by atoms with Crippen molar-refractivity contribution in [2.24, 2.45) is 15.0 Å². The first-order valence-electron chi connectivity index (χ1n) is 10.1. The highest BCUT2D eigenvalue weighted by Crippen LogP contribution is 2.34. The Labute approximate surface area is 183 Å². The smallest absolute Gasteiger partial charge is 0.116 e. The van der Waals surface area contributed by atoms with Crippen LogP contribution in [0.1, 0.15) is 5.56 Å². The van der Waals surface area contributed by atoms with Gasteiger partial charge in [-0.3, -0.25) is 4.99 Å². The Bertz CT molecular complexity index is 1430. The van der Waals surface area contributed by atoms with Crippen LogP contribution in [0.2, 0.25) is 0 Å². The number of allylic oxidation sites excluding steroid dienone is 5. The molecule has 4 aliphatic heterocycles. The largest absolute Gasteiger partial charge is 0.508 e. The topological polar surface area (TPSA) is 73.1 Å². The fourth-order valence-electron chi connectivity index (χ4n) is 3.93. The monoisotopic (exact) mass is 422 g/mol. The molecular weight excluding hydrogens is 404 g/mol. The fourth-order valence-corrected chi connectivity index (χ4v) is 4.92. The van der Waals surface area contributed by atoms with Crippen LogP contribution in [0.4, 0.5) is 0 Å². The van der Waals surface area contributed by atoms with Crippen LogP contribution in [-0.2, 0) is 0 Å². The van der Waals surface area contributed by atoms with Crippen LogP contribution in [-0.4, -0.2) is 38.4 Å². The van der Waals surface area contributed by atoms with Gasteiger partial charge in [0.05, 0.1) is 28.5 Å². The number of fused-ring (bicyclic) bond motifs is 5. The number of benzene rings is 1. The summed E-state index contributed by atoms with van der Waals surface area (Å²) in [5.41, 5.74) is 6.63. The number of thioether (sulfide) groups is 1. The quantitative estimate of drug-likeness (QED) is 0.741. The Balaban J connectivity index is 1.57. The van der Waals surface area contributed by atoms with Crippen molar-refractivity contribution in [1.29, 1.82) is 0 Å². The number of H-pyrrole nitrogens is 1. The summed E-state index contributed by atoms with van der Waals surface area (Å²) >= 11 is 1.78. The molecule has 0 saturated carbocycles. The SMILES string of the molecule is Oc1ccc(C2=C3C=CC(=N3)C=c3ccc([nH]3)=CC3=NC(=CC4N=C2CS4)C=C3)cc1. The van der Waals surface area contributed by atoms with Crippen LogP contribution < -0.4 is 10.7 Å². The van der Waals surface area contributed by atoms with E-state index in [1.54, 1.807) is 23.9 Å². The first-order valence-corrected chi connectivity index (χ1v) is 11.1. The van der Waals surface area contributed by atoms with Crippen LogP contribution in [0, 0.1) is 0 Å². The van der Waals surface area contributed by atoms with Crippen LogP contribution in [0.3, 0.4) is 0 Å². The van der Waals surface area contributed by atoms with Crippen molar-refractivity contribution in [3.05, 3.63) is 94.4 Å². The van der Waals surface area contributed by atoms with E-state index in [1.165, 1.54) is 0 Å². The van der Waals surface area contributed by atoms with E-state index in [1.807, 2.05) is 60.7 Å². The lowest BCUT2D eigenvalue weighted by atomic mass is 9.99. The lowest BCUT2D eigenvalue weighted by molar-refractivity contribution is 0.475. The molecule has 5 nitrogen and oxygen atoms in total. The van der Waals surface area contributed by atoms with Gasteiger partial charge in [-0.05, 0) is 72.4 Å². The minimum atomic E-state index is 0.0101. The summed E-state index contributed by atoms with van der Waals surface area (Å²) in [6.07, 6.45) is 14.3. The summed E-state index contributed by atoms with van der Waals surface area (Å²) in [6.45, 7) is 0. The molecule has 0 spiro atoms. The second-order valence-corrected chi connectivity index (χ2v) is 8.68. The number of aliphatic imine (C=N–C) groups is 3. The van der Waals surface area contributed by atoms with Crippen molar-refractivity contribution >= 4 is 46.6 Å². The van der Waals surface area contributed by atoms with Gasteiger partial charge in [0.1, 0.15) is 11.1 Å². The maximum atomic E-state index is 9.75. The molecular formula is C25H18N4OS. The van der Waals surface area contributed by atoms with E-state index in [-0.39, 0.29) is 11.1 Å². The number of phenols is 1. The van der Waals surface area contributed by atoms with Gasteiger partial charge in [-0.15, -0.1) is 11.8 Å². The third kappa shape index (κ3) is 3.55. The van der Waals surface area contributed by atoms with Gasteiger partial charge in [-0.2, -0.15) is 0 Å². The summed E-state index contributed by atoms with van der Waals surface area (Å²) < 4.78 is 0. The van der Waals surface area contributed by atoms with Gasteiger partial charge in [0, 0.05) is 22.0 Å². The van der Waals surface area contributed by atoms with Gasteiger partial charge in [-0.1, -0.05) is 12.1 Å². The molecule has 1 aromatic heterocycles. The van der Waals surface area contributed by atoms with Crippen molar-refractivity contribution in [3.63, 3.8) is 0 Å². The predicted octanol–water partition coefficient (Wildman–Crippen LogP) is 3.13. The Morgan fingerprint density at radius 3 is 2.42 bits per heavy atom. The van der Waals surface area contributed by atoms with Crippen molar-refractivity contribution in [2.75, 3.05) is 5.75 Å². The highest BCUT2D eigenvalue weighted by atomic mass is 32.2. The number of aromatic amines is 1. The molecule has 8 bridgehead atoms. The number of phenolic OH excluding ortho intramolecular Hbond substituents is 1. The van der Waals surface area contributed by atoms with Gasteiger partial charge in [-0.25, -0.2) is 9.98 Å². The molecule has 6 heteroatoms. The van der Waals surface area contributed by atoms with Gasteiger partial charge < -0.3 is 10.1 Å². The van der Waals surface area contributed by atoms with Crippen LogP contribution in [0.15, 0.2) is 93.1 Å². The molecule has 0 aliphatic carbocycles. The standard InChI is InChI=1S/C25H18N4OS/c30-21-8-1-15(2-9-21)25-22-10-7-19(28-22)12-18-4-3-16(26-18)11-17-5-6-20(27-17)13-24-29-23(25)14-31-24/h1-13,24,26,30H,14H2. The average Bonchev–Trinajstić information content (AvgIpc) is 3.55. The Morgan fingerprint density at radius 1 is 0.871 bits per heavy atom. The summed E-state index contributed by atoms with van der Waals surface area (Å²) in [7, 11) is 0. The minimum Gasteiger partial charge on any atom is -0.508 e. The molecule has 2 N–H and O–H groups in total. The minimum absolute atomic E-state index is 0.0101. The van der Waals surface area contributed by atoms with E-state index in [9.17, 15) is 5.11 Å². The molecule has 1 atom stereocenters. The third-order valence-corrected chi connectivity index (χ3v) is 6.39. The summed E-state index contributed by atoms with van der Waals surface area (Å²) in [5.74, 6) is 1.04. The number of hydrogen-bond acceptors (Lipinski definition) is 5. The second kappa shape index (κ2) is 7.25. The van der Waals surface area contributed by atoms with Crippen LogP contribution in [0.5, 0.6) is 5.75 Å². The lowest BCUT2D eigenvalue weighted by Crippen LogP contribution is -2.12. The number of rotatable bonds is 1. The molecule has 5 heterocycles. The summed E-state index contributed by atoms with van der Waals surface area (Å²) in [6, 6.07) is 11.3. The highest BCUT2D eigenvalue weighted by Gasteiger charge is 2.24. The zero-order valence-corrected chi connectivity index (χ0v) is 17.3. The Kier molecular flexibility index (Phi) is 4.25. The van der Waals surface area contributed by atoms with E-state index in [2.05, 4.69) is 11.1 Å². The van der Waals surface area contributed by atoms with E-state index >= 15 is 0 Å². The van der Waals surface area contributed by atoms with E-state index in [4.69, 9.17) is 15.0 Å². The van der Waals surface area contributed by atoms with Crippen molar-refractivity contribution in [3.8, 4) is 5.75 Å². The maximum absolute atomic E-state index is 9.75. The zero-order valence-electron chi connectivity index (χ0n) is 16.5. The predicted molar refractivity (Wildman–Crippen MR) is 129 cm³/mol. The number of nitrogens with one attached hydrogen (secondary N) is 1. The number of hydrogen-bond donors (Lipinski definition) is 2. The molecule has 150 valence electrons. The molecule has 0 amide bonds. The fraction of sp³-hybridized carbons (Fsp3) is 0.0800. The zero-order chi connectivity index (χ0) is 20.8. The lowest BCUT2D eigenvalue weighted by Gasteiger charge is -2.09. The van der Waals surface area contributed by atoms with Gasteiger partial charge >= 0.3 is 0 Å². The second-order valence-electron chi connectivity index (χ2n) is 7.57. The molecule has 4 aliphatic rings. The molecule has 31 heavy (non-hydrogen) atoms. The first kappa shape index (κ1) is 18.2. The van der Waals surface area contributed by atoms with Crippen LogP contribution >= 0.6 is 11.8 Å². The van der Waals surface area contributed by atoms with E-state index < -0.39 is 0 Å². The molecule has 6 rings (SSSR count). The third-order valence-electron chi connectivity index (χ3n) is 5.37. The van der Waals surface area contributed by atoms with Crippen molar-refractivity contribution in [1.82, 2.24) is 4.98 Å². The van der Waals surface area contributed by atoms with Gasteiger partial charge in [0.15, 0.2) is 0 Å². The highest BCUT2D eigenvalue weighted by molar-refractivity contribution is 8.01. The van der Waals surface area contributed by atoms with Crippen molar-refractivity contribution < 1.29 is 5.11 Å². The average molecular weight is 423 g/mol. The first-order chi connectivity index (χ1) is 15.2. The Hall–Kier alpha value is -3.64. The molecule has 0 fully saturated rings. The van der Waals surface area contributed by atoms with Crippen LogP contribution in [0.25, 0.3) is 17.7 Å². The summed E-state index contributed by atoms with van der Waals surface area (Å²) in [5, 5.41) is 11.8. The van der Waals surface area contributed by atoms with Gasteiger partial charge in [0.2, 0.25) is 0 Å². The van der Waals surface area contributed by atoms with Crippen molar-refractivity contribution in [2.45, 2.75) is 5.37 Å². The number of aromatic hydroxyl groups is 1. The number of aromatic nitrogens is 1.